The molecule has 2 amide bonds. The van der Waals surface area contributed by atoms with E-state index in [0.717, 1.165) is 11.4 Å². The lowest BCUT2D eigenvalue weighted by molar-refractivity contribution is -0.122. The van der Waals surface area contributed by atoms with Gasteiger partial charge in [0.25, 0.3) is 5.91 Å². The molecule has 0 aliphatic rings. The van der Waals surface area contributed by atoms with E-state index >= 15 is 0 Å². The van der Waals surface area contributed by atoms with Crippen LogP contribution in [0.15, 0.2) is 54.6 Å². The van der Waals surface area contributed by atoms with E-state index < -0.39 is 6.04 Å². The number of nitrogens with zero attached hydrogens (tertiary/aromatic N) is 3. The van der Waals surface area contributed by atoms with Crippen LogP contribution in [0.2, 0.25) is 0 Å². The lowest BCUT2D eigenvalue weighted by atomic mass is 10.2. The summed E-state index contributed by atoms with van der Waals surface area (Å²) in [5.74, 6) is 0.234. The number of rotatable bonds is 6. The van der Waals surface area contributed by atoms with Crippen LogP contribution >= 0.6 is 11.3 Å². The zero-order valence-corrected chi connectivity index (χ0v) is 14.4. The average molecular weight is 355 g/mol. The second kappa shape index (κ2) is 7.71. The number of hydrogen-bond acceptors (Lipinski definition) is 5. The molecule has 2 N–H and O–H groups in total. The molecule has 0 saturated carbocycles. The van der Waals surface area contributed by atoms with Gasteiger partial charge in [-0.05, 0) is 36.1 Å². The summed E-state index contributed by atoms with van der Waals surface area (Å²) in [4.78, 5) is 33.0. The molecule has 3 heterocycles. The minimum Gasteiger partial charge on any atom is -0.350 e. The largest absolute Gasteiger partial charge is 0.350 e. The van der Waals surface area contributed by atoms with Crippen LogP contribution in [0.1, 0.15) is 22.2 Å². The molecule has 3 aromatic heterocycles. The first-order valence-electron chi connectivity index (χ1n) is 7.69. The van der Waals surface area contributed by atoms with Crippen molar-refractivity contribution in [3.63, 3.8) is 0 Å². The Bertz CT molecular complexity index is 846. The van der Waals surface area contributed by atoms with Gasteiger partial charge >= 0.3 is 0 Å². The van der Waals surface area contributed by atoms with E-state index in [1.165, 1.54) is 11.3 Å². The fourth-order valence-electron chi connectivity index (χ4n) is 2.19. The summed E-state index contributed by atoms with van der Waals surface area (Å²) in [6.07, 6.45) is 6.81. The molecule has 1 atom stereocenters. The maximum atomic E-state index is 12.2. The Hall–Kier alpha value is -3.00. The second-order valence-electron chi connectivity index (χ2n) is 5.38. The molecule has 0 saturated heterocycles. The Kier molecular flexibility index (Phi) is 5.20. The van der Waals surface area contributed by atoms with Crippen molar-refractivity contribution < 1.29 is 9.59 Å². The van der Waals surface area contributed by atoms with E-state index in [-0.39, 0.29) is 11.8 Å². The maximum absolute atomic E-state index is 12.2. The molecule has 0 spiro atoms. The van der Waals surface area contributed by atoms with Crippen LogP contribution in [-0.4, -0.2) is 32.4 Å². The monoisotopic (exact) mass is 355 g/mol. The van der Waals surface area contributed by atoms with Crippen LogP contribution in [0.3, 0.4) is 0 Å². The fraction of sp³-hybridized carbons (Fsp3) is 0.176. The van der Waals surface area contributed by atoms with Gasteiger partial charge in [0.1, 0.15) is 18.2 Å². The van der Waals surface area contributed by atoms with Crippen LogP contribution in [0.25, 0.3) is 5.82 Å². The van der Waals surface area contributed by atoms with Crippen LogP contribution < -0.4 is 10.6 Å². The Morgan fingerprint density at radius 1 is 1.32 bits per heavy atom. The van der Waals surface area contributed by atoms with Gasteiger partial charge in [-0.25, -0.2) is 9.97 Å². The van der Waals surface area contributed by atoms with E-state index in [2.05, 4.69) is 20.6 Å². The standard InChI is InChI=1S/C17H17N5O2S/c1-12(21-17(24)14-3-2-8-25-14)16(23)20-10-13-4-5-19-15(9-13)22-7-6-18-11-22/h2-9,11-12H,10H2,1H3,(H,20,23)(H,21,24). The molecule has 3 rings (SSSR count). The second-order valence-corrected chi connectivity index (χ2v) is 6.33. The number of hydrogen-bond donors (Lipinski definition) is 2. The Morgan fingerprint density at radius 2 is 2.20 bits per heavy atom. The van der Waals surface area contributed by atoms with E-state index in [0.29, 0.717) is 11.4 Å². The average Bonchev–Trinajstić information content (AvgIpc) is 3.33. The number of imidazole rings is 1. The normalized spacial score (nSPS) is 11.7. The number of nitrogens with one attached hydrogen (secondary N) is 2. The maximum Gasteiger partial charge on any atom is 0.261 e. The van der Waals surface area contributed by atoms with Gasteiger partial charge in [0.2, 0.25) is 5.91 Å². The number of carbonyl (C=O) groups excluding carboxylic acids is 2. The van der Waals surface area contributed by atoms with Crippen molar-refractivity contribution in [1.82, 2.24) is 25.2 Å². The number of pyridine rings is 1. The zero-order chi connectivity index (χ0) is 17.6. The highest BCUT2D eigenvalue weighted by Gasteiger charge is 2.16. The lowest BCUT2D eigenvalue weighted by Crippen LogP contribution is -2.44. The molecular formula is C17H17N5O2S. The third-order valence-corrected chi connectivity index (χ3v) is 4.40. The molecular weight excluding hydrogens is 338 g/mol. The predicted molar refractivity (Wildman–Crippen MR) is 94.5 cm³/mol. The van der Waals surface area contributed by atoms with Gasteiger partial charge in [-0.2, -0.15) is 0 Å². The summed E-state index contributed by atoms with van der Waals surface area (Å²) in [5.41, 5.74) is 0.906. The molecule has 8 heteroatoms. The molecule has 128 valence electrons. The molecule has 0 radical (unpaired) electrons. The van der Waals surface area contributed by atoms with Crippen LogP contribution in [-0.2, 0) is 11.3 Å². The van der Waals surface area contributed by atoms with E-state index in [1.807, 2.05) is 17.5 Å². The van der Waals surface area contributed by atoms with E-state index in [4.69, 9.17) is 0 Å². The van der Waals surface area contributed by atoms with Gasteiger partial charge in [0.05, 0.1) is 4.88 Å². The van der Waals surface area contributed by atoms with Crippen molar-refractivity contribution in [2.45, 2.75) is 19.5 Å². The molecule has 0 aliphatic carbocycles. The molecule has 1 unspecified atom stereocenters. The number of carbonyl (C=O) groups is 2. The highest BCUT2D eigenvalue weighted by molar-refractivity contribution is 7.12. The predicted octanol–water partition coefficient (Wildman–Crippen LogP) is 1.76. The van der Waals surface area contributed by atoms with Crippen molar-refractivity contribution >= 4 is 23.2 Å². The summed E-state index contributed by atoms with van der Waals surface area (Å²) in [7, 11) is 0. The lowest BCUT2D eigenvalue weighted by Gasteiger charge is -2.14. The Labute approximate surface area is 148 Å². The van der Waals surface area contributed by atoms with Gasteiger partial charge in [-0.3, -0.25) is 14.2 Å². The highest BCUT2D eigenvalue weighted by Crippen LogP contribution is 2.09. The molecule has 3 aromatic rings. The minimum atomic E-state index is -0.621. The molecule has 0 bridgehead atoms. The first kappa shape index (κ1) is 16.8. The van der Waals surface area contributed by atoms with Crippen molar-refractivity contribution in [2.24, 2.45) is 0 Å². The molecule has 0 aromatic carbocycles. The molecule has 25 heavy (non-hydrogen) atoms. The molecule has 0 fully saturated rings. The van der Waals surface area contributed by atoms with Crippen molar-refractivity contribution in [1.29, 1.82) is 0 Å². The van der Waals surface area contributed by atoms with E-state index in [1.54, 1.807) is 48.5 Å². The fourth-order valence-corrected chi connectivity index (χ4v) is 2.82. The number of aromatic nitrogens is 3. The number of thiophene rings is 1. The Morgan fingerprint density at radius 3 is 2.92 bits per heavy atom. The minimum absolute atomic E-state index is 0.245. The van der Waals surface area contributed by atoms with Gasteiger partial charge in [-0.1, -0.05) is 6.07 Å². The molecule has 0 aliphatic heterocycles. The first-order chi connectivity index (χ1) is 12.1. The van der Waals surface area contributed by atoms with Crippen LogP contribution in [0.5, 0.6) is 0 Å². The third kappa shape index (κ3) is 4.30. The van der Waals surface area contributed by atoms with Gasteiger partial charge in [0.15, 0.2) is 0 Å². The number of amides is 2. The summed E-state index contributed by atoms with van der Waals surface area (Å²) in [5, 5.41) is 7.33. The highest BCUT2D eigenvalue weighted by atomic mass is 32.1. The summed E-state index contributed by atoms with van der Waals surface area (Å²) >= 11 is 1.34. The van der Waals surface area contributed by atoms with Gasteiger partial charge in [-0.15, -0.1) is 11.3 Å². The topological polar surface area (TPSA) is 88.9 Å². The van der Waals surface area contributed by atoms with Crippen molar-refractivity contribution in [3.05, 3.63) is 65.0 Å². The van der Waals surface area contributed by atoms with Gasteiger partial charge < -0.3 is 10.6 Å². The molecule has 7 nitrogen and oxygen atoms in total. The van der Waals surface area contributed by atoms with Crippen molar-refractivity contribution in [2.75, 3.05) is 0 Å². The SMILES string of the molecule is CC(NC(=O)c1cccs1)C(=O)NCc1ccnc(-n2ccnc2)c1. The smallest absolute Gasteiger partial charge is 0.261 e. The van der Waals surface area contributed by atoms with Crippen molar-refractivity contribution in [3.8, 4) is 5.82 Å². The van der Waals surface area contributed by atoms with Crippen LogP contribution in [0.4, 0.5) is 0 Å². The summed E-state index contributed by atoms with van der Waals surface area (Å²) in [6.45, 7) is 2.01. The Balaban J connectivity index is 1.55. The third-order valence-electron chi connectivity index (χ3n) is 3.53. The zero-order valence-electron chi connectivity index (χ0n) is 13.5. The summed E-state index contributed by atoms with van der Waals surface area (Å²) < 4.78 is 1.79. The van der Waals surface area contributed by atoms with Crippen LogP contribution in [0, 0.1) is 0 Å². The summed E-state index contributed by atoms with van der Waals surface area (Å²) in [6, 6.07) is 6.60. The van der Waals surface area contributed by atoms with Gasteiger partial charge in [0, 0.05) is 25.1 Å². The first-order valence-corrected chi connectivity index (χ1v) is 8.57. The quantitative estimate of drug-likeness (QED) is 0.705. The van der Waals surface area contributed by atoms with E-state index in [9.17, 15) is 9.59 Å².